The minimum Gasteiger partial charge on any atom is -0.243 e. The van der Waals surface area contributed by atoms with Crippen LogP contribution in [0.15, 0.2) is 24.3 Å². The van der Waals surface area contributed by atoms with Gasteiger partial charge in [0.25, 0.3) is 0 Å². The quantitative estimate of drug-likeness (QED) is 0.686. The molecule has 0 aliphatic carbocycles. The Bertz CT molecular complexity index is 1010. The van der Waals surface area contributed by atoms with Crippen LogP contribution in [0.3, 0.4) is 0 Å². The molecule has 0 amide bonds. The third-order valence-electron chi connectivity index (χ3n) is 4.20. The third kappa shape index (κ3) is 2.01. The minimum absolute atomic E-state index is 0.120. The van der Waals surface area contributed by atoms with Crippen molar-refractivity contribution in [1.82, 2.24) is 14.8 Å². The molecule has 1 aliphatic rings. The molecule has 0 spiro atoms. The third-order valence-corrected chi connectivity index (χ3v) is 6.34. The zero-order valence-electron chi connectivity index (χ0n) is 12.0. The first-order valence-corrected chi connectivity index (χ1v) is 9.30. The molecule has 0 radical (unpaired) electrons. The molecule has 3 heterocycles. The number of pyridine rings is 1. The molecule has 7 heteroatoms. The largest absolute Gasteiger partial charge is 0.243 e. The van der Waals surface area contributed by atoms with Gasteiger partial charge in [-0.1, -0.05) is 29.8 Å². The van der Waals surface area contributed by atoms with Gasteiger partial charge in [-0.25, -0.2) is 18.1 Å². The molecular formula is C15H14ClN3O2S. The van der Waals surface area contributed by atoms with Crippen LogP contribution in [0.25, 0.3) is 21.9 Å². The van der Waals surface area contributed by atoms with Crippen molar-refractivity contribution in [3.8, 4) is 0 Å². The van der Waals surface area contributed by atoms with Crippen LogP contribution in [0.4, 0.5) is 0 Å². The Hall–Kier alpha value is -1.66. The maximum absolute atomic E-state index is 11.7. The van der Waals surface area contributed by atoms with E-state index in [2.05, 4.69) is 10.1 Å². The normalized spacial score (nSPS) is 20.9. The number of para-hydroxylation sites is 1. The van der Waals surface area contributed by atoms with Crippen LogP contribution >= 0.6 is 11.6 Å². The zero-order valence-corrected chi connectivity index (χ0v) is 13.5. The highest BCUT2D eigenvalue weighted by atomic mass is 35.5. The number of hydrogen-bond acceptors (Lipinski definition) is 4. The minimum atomic E-state index is -2.98. The maximum Gasteiger partial charge on any atom is 0.160 e. The lowest BCUT2D eigenvalue weighted by atomic mass is 10.1. The van der Waals surface area contributed by atoms with Crippen molar-refractivity contribution in [2.24, 2.45) is 0 Å². The number of rotatable bonds is 1. The molecule has 22 heavy (non-hydrogen) atoms. The van der Waals surface area contributed by atoms with Gasteiger partial charge in [0.2, 0.25) is 0 Å². The molecule has 1 atom stereocenters. The second-order valence-corrected chi connectivity index (χ2v) is 8.34. The molecule has 0 bridgehead atoms. The summed E-state index contributed by atoms with van der Waals surface area (Å²) in [5, 5.41) is 6.85. The van der Waals surface area contributed by atoms with Gasteiger partial charge in [0, 0.05) is 5.39 Å². The van der Waals surface area contributed by atoms with E-state index in [1.165, 1.54) is 0 Å². The van der Waals surface area contributed by atoms with Gasteiger partial charge in [-0.15, -0.1) is 0 Å². The van der Waals surface area contributed by atoms with Crippen molar-refractivity contribution in [2.75, 3.05) is 11.5 Å². The maximum atomic E-state index is 11.7. The highest BCUT2D eigenvalue weighted by Gasteiger charge is 2.31. The molecule has 1 unspecified atom stereocenters. The van der Waals surface area contributed by atoms with Crippen molar-refractivity contribution in [2.45, 2.75) is 19.4 Å². The molecule has 1 saturated heterocycles. The van der Waals surface area contributed by atoms with E-state index >= 15 is 0 Å². The van der Waals surface area contributed by atoms with Gasteiger partial charge in [-0.05, 0) is 19.4 Å². The average molecular weight is 336 g/mol. The lowest BCUT2D eigenvalue weighted by Crippen LogP contribution is -2.13. The van der Waals surface area contributed by atoms with Crippen molar-refractivity contribution in [1.29, 1.82) is 0 Å². The Morgan fingerprint density at radius 1 is 1.32 bits per heavy atom. The van der Waals surface area contributed by atoms with Crippen LogP contribution in [0.2, 0.25) is 5.02 Å². The summed E-state index contributed by atoms with van der Waals surface area (Å²) in [6.07, 6.45) is 0.574. The number of sulfone groups is 1. The lowest BCUT2D eigenvalue weighted by Gasteiger charge is -2.10. The Labute approximate surface area is 132 Å². The summed E-state index contributed by atoms with van der Waals surface area (Å²) in [7, 11) is -2.98. The van der Waals surface area contributed by atoms with Crippen LogP contribution in [-0.4, -0.2) is 34.7 Å². The summed E-state index contributed by atoms with van der Waals surface area (Å²) in [5.41, 5.74) is 2.24. The van der Waals surface area contributed by atoms with Crippen molar-refractivity contribution < 1.29 is 8.42 Å². The van der Waals surface area contributed by atoms with E-state index in [4.69, 9.17) is 11.6 Å². The van der Waals surface area contributed by atoms with E-state index in [0.29, 0.717) is 17.1 Å². The fraction of sp³-hybridized carbons (Fsp3) is 0.333. The average Bonchev–Trinajstić information content (AvgIpc) is 2.99. The van der Waals surface area contributed by atoms with Gasteiger partial charge in [-0.2, -0.15) is 5.10 Å². The molecule has 2 aromatic heterocycles. The first-order chi connectivity index (χ1) is 10.5. The second-order valence-electron chi connectivity index (χ2n) is 5.73. The van der Waals surface area contributed by atoms with E-state index in [9.17, 15) is 8.42 Å². The van der Waals surface area contributed by atoms with Gasteiger partial charge in [0.1, 0.15) is 0 Å². The van der Waals surface area contributed by atoms with Crippen LogP contribution in [0.5, 0.6) is 0 Å². The standard InChI is InChI=1S/C15H14ClN3O2S/c1-9-13-14(16)11-4-2-3-5-12(11)17-15(13)19(18-9)10-6-7-22(20,21)8-10/h2-5,10H,6-8H2,1H3. The lowest BCUT2D eigenvalue weighted by molar-refractivity contribution is 0.509. The fourth-order valence-electron chi connectivity index (χ4n) is 3.13. The Morgan fingerprint density at radius 3 is 2.82 bits per heavy atom. The monoisotopic (exact) mass is 335 g/mol. The van der Waals surface area contributed by atoms with Gasteiger partial charge in [0.15, 0.2) is 15.5 Å². The van der Waals surface area contributed by atoms with Crippen molar-refractivity contribution in [3.05, 3.63) is 35.0 Å². The number of aromatic nitrogens is 3. The number of hydrogen-bond donors (Lipinski definition) is 0. The number of nitrogens with zero attached hydrogens (tertiary/aromatic N) is 3. The molecule has 1 fully saturated rings. The summed E-state index contributed by atoms with van der Waals surface area (Å²) in [6.45, 7) is 1.88. The highest BCUT2D eigenvalue weighted by molar-refractivity contribution is 7.91. The van der Waals surface area contributed by atoms with E-state index in [0.717, 1.165) is 22.0 Å². The van der Waals surface area contributed by atoms with Crippen molar-refractivity contribution in [3.63, 3.8) is 0 Å². The first kappa shape index (κ1) is 14.0. The molecule has 0 saturated carbocycles. The smallest absolute Gasteiger partial charge is 0.160 e. The summed E-state index contributed by atoms with van der Waals surface area (Å²) in [4.78, 5) is 4.67. The second kappa shape index (κ2) is 4.67. The molecule has 114 valence electrons. The van der Waals surface area contributed by atoms with E-state index < -0.39 is 9.84 Å². The molecule has 1 aliphatic heterocycles. The van der Waals surface area contributed by atoms with Gasteiger partial charge >= 0.3 is 0 Å². The van der Waals surface area contributed by atoms with Crippen molar-refractivity contribution >= 4 is 43.4 Å². The number of aryl methyl sites for hydroxylation is 1. The number of fused-ring (bicyclic) bond motifs is 2. The number of halogens is 1. The molecule has 1 aromatic carbocycles. The van der Waals surface area contributed by atoms with Crippen LogP contribution in [-0.2, 0) is 9.84 Å². The van der Waals surface area contributed by atoms with Gasteiger partial charge < -0.3 is 0 Å². The fourth-order valence-corrected chi connectivity index (χ4v) is 5.20. The molecule has 4 rings (SSSR count). The summed E-state index contributed by atoms with van der Waals surface area (Å²) >= 11 is 6.54. The Balaban J connectivity index is 2.01. The summed E-state index contributed by atoms with van der Waals surface area (Å²) in [5.74, 6) is 0.328. The zero-order chi connectivity index (χ0) is 15.5. The molecule has 0 N–H and O–H groups in total. The predicted octanol–water partition coefficient (Wildman–Crippen LogP) is 2.91. The molecule has 5 nitrogen and oxygen atoms in total. The van der Waals surface area contributed by atoms with E-state index in [-0.39, 0.29) is 17.5 Å². The molecule has 3 aromatic rings. The first-order valence-electron chi connectivity index (χ1n) is 7.10. The summed E-state index contributed by atoms with van der Waals surface area (Å²) in [6, 6.07) is 7.50. The Kier molecular flexibility index (Phi) is 2.96. The predicted molar refractivity (Wildman–Crippen MR) is 87.1 cm³/mol. The SMILES string of the molecule is Cc1nn(C2CCS(=O)(=O)C2)c2nc3ccccc3c(Cl)c12. The number of benzene rings is 1. The van der Waals surface area contributed by atoms with Crippen LogP contribution in [0, 0.1) is 6.92 Å². The topological polar surface area (TPSA) is 64.8 Å². The van der Waals surface area contributed by atoms with Gasteiger partial charge in [0.05, 0.1) is 39.2 Å². The van der Waals surface area contributed by atoms with E-state index in [1.54, 1.807) is 4.68 Å². The summed E-state index contributed by atoms with van der Waals surface area (Å²) < 4.78 is 25.2. The Morgan fingerprint density at radius 2 is 2.09 bits per heavy atom. The van der Waals surface area contributed by atoms with Crippen LogP contribution in [0.1, 0.15) is 18.2 Å². The van der Waals surface area contributed by atoms with Crippen LogP contribution < -0.4 is 0 Å². The molecular weight excluding hydrogens is 322 g/mol. The highest BCUT2D eigenvalue weighted by Crippen LogP contribution is 2.35. The van der Waals surface area contributed by atoms with E-state index in [1.807, 2.05) is 31.2 Å². The van der Waals surface area contributed by atoms with Gasteiger partial charge in [-0.3, -0.25) is 0 Å².